The first kappa shape index (κ1) is 19.1. The maximum atomic E-state index is 5.36. The summed E-state index contributed by atoms with van der Waals surface area (Å²) < 4.78 is 5.36. The van der Waals surface area contributed by atoms with Gasteiger partial charge in [-0.15, -0.1) is 11.3 Å². The fourth-order valence-electron chi connectivity index (χ4n) is 2.45. The first-order chi connectivity index (χ1) is 11.5. The Morgan fingerprint density at radius 1 is 1.29 bits per heavy atom. The van der Waals surface area contributed by atoms with E-state index in [2.05, 4.69) is 46.7 Å². The summed E-state index contributed by atoms with van der Waals surface area (Å²) in [4.78, 5) is 11.4. The van der Waals surface area contributed by atoms with E-state index in [1.165, 1.54) is 5.01 Å². The van der Waals surface area contributed by atoms with E-state index in [9.17, 15) is 0 Å². The molecular weight excluding hydrogens is 322 g/mol. The number of hydrogen-bond donors (Lipinski definition) is 2. The number of thiazole rings is 1. The van der Waals surface area contributed by atoms with Crippen molar-refractivity contribution in [2.75, 3.05) is 53.0 Å². The van der Waals surface area contributed by atoms with Crippen molar-refractivity contribution in [2.24, 2.45) is 4.99 Å². The molecular formula is C17H31N5OS. The molecule has 7 heteroatoms. The Bertz CT molecular complexity index is 517. The molecule has 0 spiro atoms. The molecule has 0 amide bonds. The number of nitrogens with one attached hydrogen (secondary N) is 2. The molecule has 6 nitrogen and oxygen atoms in total. The van der Waals surface area contributed by atoms with Gasteiger partial charge in [-0.3, -0.25) is 9.89 Å². The maximum Gasteiger partial charge on any atom is 0.191 e. The summed E-state index contributed by atoms with van der Waals surface area (Å²) in [6, 6.07) is 0. The van der Waals surface area contributed by atoms with Crippen molar-refractivity contribution < 1.29 is 4.74 Å². The Balaban J connectivity index is 1.65. The van der Waals surface area contributed by atoms with Crippen molar-refractivity contribution in [3.63, 3.8) is 0 Å². The van der Waals surface area contributed by atoms with Gasteiger partial charge in [-0.05, 0) is 0 Å². The second-order valence-corrected chi connectivity index (χ2v) is 7.88. The van der Waals surface area contributed by atoms with Crippen LogP contribution in [0.5, 0.6) is 0 Å². The van der Waals surface area contributed by atoms with Crippen molar-refractivity contribution in [1.29, 1.82) is 0 Å². The molecule has 0 unspecified atom stereocenters. The quantitative estimate of drug-likeness (QED) is 0.599. The molecule has 0 saturated carbocycles. The lowest BCUT2D eigenvalue weighted by Gasteiger charge is -2.26. The number of ether oxygens (including phenoxy) is 1. The summed E-state index contributed by atoms with van der Waals surface area (Å²) in [6.45, 7) is 13.1. The average Bonchev–Trinajstić information content (AvgIpc) is 3.03. The van der Waals surface area contributed by atoms with Crippen LogP contribution in [0.4, 0.5) is 0 Å². The molecule has 136 valence electrons. The smallest absolute Gasteiger partial charge is 0.191 e. The van der Waals surface area contributed by atoms with Crippen LogP contribution in [0, 0.1) is 0 Å². The van der Waals surface area contributed by atoms with Crippen molar-refractivity contribution in [1.82, 2.24) is 20.5 Å². The predicted octanol–water partition coefficient (Wildman–Crippen LogP) is 1.48. The van der Waals surface area contributed by atoms with Crippen LogP contribution in [0.3, 0.4) is 0 Å². The van der Waals surface area contributed by atoms with Crippen LogP contribution < -0.4 is 10.6 Å². The number of nitrogens with zero attached hydrogens (tertiary/aromatic N) is 3. The van der Waals surface area contributed by atoms with Crippen molar-refractivity contribution in [2.45, 2.75) is 32.6 Å². The fraction of sp³-hybridized carbons (Fsp3) is 0.765. The van der Waals surface area contributed by atoms with Crippen molar-refractivity contribution in [3.8, 4) is 0 Å². The van der Waals surface area contributed by atoms with Crippen molar-refractivity contribution >= 4 is 17.3 Å². The molecule has 2 N–H and O–H groups in total. The lowest BCUT2D eigenvalue weighted by atomic mass is 9.98. The standard InChI is InChI=1S/C17H31N5OS/c1-17(2,3)15-21-14(13-24-15)5-6-19-16(18-4)20-7-8-22-9-11-23-12-10-22/h13H,5-12H2,1-4H3,(H2,18,19,20). The second-order valence-electron chi connectivity index (χ2n) is 7.02. The third kappa shape index (κ3) is 6.37. The molecule has 1 aromatic rings. The van der Waals surface area contributed by atoms with Gasteiger partial charge in [0.2, 0.25) is 0 Å². The van der Waals surface area contributed by atoms with Gasteiger partial charge in [0.1, 0.15) is 0 Å². The van der Waals surface area contributed by atoms with Gasteiger partial charge in [0.05, 0.1) is 23.9 Å². The zero-order valence-electron chi connectivity index (χ0n) is 15.4. The van der Waals surface area contributed by atoms with Gasteiger partial charge in [0, 0.05) is 57.0 Å². The molecule has 0 bridgehead atoms. The molecule has 2 rings (SSSR count). The Morgan fingerprint density at radius 2 is 2.00 bits per heavy atom. The van der Waals surface area contributed by atoms with Crippen LogP contribution in [0.1, 0.15) is 31.5 Å². The minimum atomic E-state index is 0.132. The molecule has 1 saturated heterocycles. The molecule has 1 fully saturated rings. The minimum Gasteiger partial charge on any atom is -0.379 e. The van der Waals surface area contributed by atoms with Gasteiger partial charge >= 0.3 is 0 Å². The number of aromatic nitrogens is 1. The highest BCUT2D eigenvalue weighted by molar-refractivity contribution is 7.09. The van der Waals surface area contributed by atoms with Gasteiger partial charge in [0.15, 0.2) is 5.96 Å². The Kier molecular flexibility index (Phi) is 7.45. The number of hydrogen-bond acceptors (Lipinski definition) is 5. The lowest BCUT2D eigenvalue weighted by Crippen LogP contribution is -2.44. The highest BCUT2D eigenvalue weighted by Crippen LogP contribution is 2.25. The van der Waals surface area contributed by atoms with Gasteiger partial charge in [0.25, 0.3) is 0 Å². The van der Waals surface area contributed by atoms with Crippen LogP contribution in [0.2, 0.25) is 0 Å². The molecule has 1 aliphatic heterocycles. The minimum absolute atomic E-state index is 0.132. The lowest BCUT2D eigenvalue weighted by molar-refractivity contribution is 0.0389. The van der Waals surface area contributed by atoms with Gasteiger partial charge in [-0.1, -0.05) is 20.8 Å². The molecule has 1 aliphatic rings. The zero-order valence-corrected chi connectivity index (χ0v) is 16.2. The topological polar surface area (TPSA) is 61.8 Å². The van der Waals surface area contributed by atoms with Gasteiger partial charge in [-0.25, -0.2) is 4.98 Å². The Hall–Kier alpha value is -1.18. The molecule has 1 aromatic heterocycles. The number of rotatable bonds is 6. The zero-order chi connectivity index (χ0) is 17.4. The maximum absolute atomic E-state index is 5.36. The van der Waals surface area contributed by atoms with Crippen LogP contribution in [0.25, 0.3) is 0 Å². The molecule has 0 atom stereocenters. The van der Waals surface area contributed by atoms with E-state index in [1.807, 2.05) is 7.05 Å². The summed E-state index contributed by atoms with van der Waals surface area (Å²) in [5.74, 6) is 0.856. The number of aliphatic imine (C=N–C) groups is 1. The monoisotopic (exact) mass is 353 g/mol. The normalized spacial score (nSPS) is 17.1. The van der Waals surface area contributed by atoms with E-state index in [0.29, 0.717) is 0 Å². The van der Waals surface area contributed by atoms with E-state index in [-0.39, 0.29) is 5.41 Å². The van der Waals surface area contributed by atoms with Crippen LogP contribution in [-0.4, -0.2) is 68.8 Å². The molecule has 0 aliphatic carbocycles. The predicted molar refractivity (Wildman–Crippen MR) is 101 cm³/mol. The van der Waals surface area contributed by atoms with E-state index < -0.39 is 0 Å². The van der Waals surface area contributed by atoms with E-state index in [4.69, 9.17) is 9.72 Å². The van der Waals surface area contributed by atoms with Gasteiger partial charge < -0.3 is 15.4 Å². The van der Waals surface area contributed by atoms with Crippen molar-refractivity contribution in [3.05, 3.63) is 16.1 Å². The molecule has 0 aromatic carbocycles. The summed E-state index contributed by atoms with van der Waals surface area (Å²) in [5.41, 5.74) is 1.29. The highest BCUT2D eigenvalue weighted by atomic mass is 32.1. The third-order valence-electron chi connectivity index (χ3n) is 3.91. The summed E-state index contributed by atoms with van der Waals surface area (Å²) in [5, 5.41) is 10.1. The first-order valence-corrected chi connectivity index (χ1v) is 9.56. The third-order valence-corrected chi connectivity index (χ3v) is 5.23. The van der Waals surface area contributed by atoms with Gasteiger partial charge in [-0.2, -0.15) is 0 Å². The summed E-state index contributed by atoms with van der Waals surface area (Å²) >= 11 is 1.75. The average molecular weight is 354 g/mol. The first-order valence-electron chi connectivity index (χ1n) is 8.68. The Morgan fingerprint density at radius 3 is 2.62 bits per heavy atom. The van der Waals surface area contributed by atoms with E-state index in [1.54, 1.807) is 11.3 Å². The fourth-order valence-corrected chi connectivity index (χ4v) is 3.39. The second kappa shape index (κ2) is 9.34. The molecule has 24 heavy (non-hydrogen) atoms. The summed E-state index contributed by atoms with van der Waals surface area (Å²) in [6.07, 6.45) is 0.913. The van der Waals surface area contributed by atoms with Crippen LogP contribution >= 0.6 is 11.3 Å². The summed E-state index contributed by atoms with van der Waals surface area (Å²) in [7, 11) is 1.81. The number of guanidine groups is 1. The van der Waals surface area contributed by atoms with Crippen LogP contribution in [-0.2, 0) is 16.6 Å². The SMILES string of the molecule is CN=C(NCCc1csc(C(C)(C)C)n1)NCCN1CCOCC1. The molecule has 2 heterocycles. The highest BCUT2D eigenvalue weighted by Gasteiger charge is 2.17. The van der Waals surface area contributed by atoms with Crippen LogP contribution in [0.15, 0.2) is 10.4 Å². The Labute approximate surface area is 149 Å². The number of morpholine rings is 1. The largest absolute Gasteiger partial charge is 0.379 e. The molecule has 0 radical (unpaired) electrons. The van der Waals surface area contributed by atoms with E-state index in [0.717, 1.165) is 64.0 Å². The van der Waals surface area contributed by atoms with E-state index >= 15 is 0 Å².